The number of rotatable bonds is 5. The molecule has 1 aliphatic rings. The third-order valence-electron chi connectivity index (χ3n) is 22.0. The normalized spacial score (nSPS) is 12.2. The lowest BCUT2D eigenvalue weighted by atomic mass is 10.1. The lowest BCUT2D eigenvalue weighted by Crippen LogP contribution is -1.96. The SMILES string of the molecule is Brc1ccc2oc3ccc(-n4c5ccc(Br)cc5c5cc(Br)ccc54)cc3c2c1.c1ccc2c(c1)Cc1ccccc1-2.c1ccc2c(c1)c1ccccc1n2-c1ccc2oc3ccc(-n4c5ccc(-n6c7ccccc7c7ccccc76)cc5c5cc(-n6c7ccccc7c7ccccc76)ccc54)cc3c2c1. The smallest absolute Gasteiger partial charge is 0.135 e. The fraction of sp³-hybridized carbons (Fsp3) is 0.0103. The van der Waals surface area contributed by atoms with Crippen LogP contribution in [0.4, 0.5) is 0 Å². The molecule has 16 aromatic carbocycles. The summed E-state index contributed by atoms with van der Waals surface area (Å²) in [6, 6.07) is 122. The van der Waals surface area contributed by atoms with E-state index in [2.05, 4.69) is 398 Å². The summed E-state index contributed by atoms with van der Waals surface area (Å²) in [4.78, 5) is 0. The Balaban J connectivity index is 0.000000138. The zero-order chi connectivity index (χ0) is 70.7. The molecule has 0 bridgehead atoms. The predicted molar refractivity (Wildman–Crippen MR) is 457 cm³/mol. The molecule has 0 aliphatic heterocycles. The summed E-state index contributed by atoms with van der Waals surface area (Å²) in [5.74, 6) is 0. The Labute approximate surface area is 637 Å². The maximum absolute atomic E-state index is 6.58. The third kappa shape index (κ3) is 9.75. The summed E-state index contributed by atoms with van der Waals surface area (Å²) < 4.78 is 27.8. The van der Waals surface area contributed by atoms with Crippen LogP contribution in [0.2, 0.25) is 0 Å². The molecule has 0 fully saturated rings. The minimum atomic E-state index is 0.867. The zero-order valence-corrected chi connectivity index (χ0v) is 62.0. The fourth-order valence-corrected chi connectivity index (χ4v) is 18.5. The molecular weight excluding hydrogens is 1510 g/mol. The number of hydrogen-bond donors (Lipinski definition) is 0. The number of hydrogen-bond acceptors (Lipinski definition) is 2. The van der Waals surface area contributed by atoms with Crippen molar-refractivity contribution in [2.24, 2.45) is 0 Å². The highest BCUT2D eigenvalue weighted by atomic mass is 79.9. The summed E-state index contributed by atoms with van der Waals surface area (Å²) >= 11 is 10.8. The van der Waals surface area contributed by atoms with Crippen molar-refractivity contribution in [3.63, 3.8) is 0 Å². The minimum absolute atomic E-state index is 0.867. The van der Waals surface area contributed by atoms with Crippen molar-refractivity contribution in [1.29, 1.82) is 0 Å². The lowest BCUT2D eigenvalue weighted by Gasteiger charge is -2.11. The molecule has 7 aromatic heterocycles. The van der Waals surface area contributed by atoms with E-state index in [4.69, 9.17) is 8.83 Å². The van der Waals surface area contributed by atoms with Crippen molar-refractivity contribution in [2.45, 2.75) is 6.42 Å². The largest absolute Gasteiger partial charge is 0.456 e. The molecule has 0 radical (unpaired) electrons. The van der Waals surface area contributed by atoms with Crippen LogP contribution in [-0.4, -0.2) is 22.8 Å². The molecule has 0 N–H and O–H groups in total. The Hall–Kier alpha value is -12.4. The van der Waals surface area contributed by atoms with Gasteiger partial charge in [0, 0.05) is 117 Å². The maximum atomic E-state index is 6.58. The van der Waals surface area contributed by atoms with E-state index in [-0.39, 0.29) is 0 Å². The van der Waals surface area contributed by atoms with E-state index < -0.39 is 0 Å². The molecule has 0 unspecified atom stereocenters. The van der Waals surface area contributed by atoms with E-state index in [1.54, 1.807) is 0 Å². The maximum Gasteiger partial charge on any atom is 0.135 e. The van der Waals surface area contributed by atoms with Gasteiger partial charge in [-0.2, -0.15) is 0 Å². The highest BCUT2D eigenvalue weighted by Crippen LogP contribution is 2.45. The van der Waals surface area contributed by atoms with Crippen LogP contribution in [0.25, 0.3) is 192 Å². The van der Waals surface area contributed by atoms with Gasteiger partial charge in [0.1, 0.15) is 22.3 Å². The second-order valence-electron chi connectivity index (χ2n) is 27.9. The van der Waals surface area contributed by atoms with Crippen molar-refractivity contribution < 1.29 is 8.83 Å². The number of halogens is 3. The minimum Gasteiger partial charge on any atom is -0.456 e. The second kappa shape index (κ2) is 24.3. The van der Waals surface area contributed by atoms with Crippen molar-refractivity contribution in [3.05, 3.63) is 364 Å². The molecule has 0 saturated carbocycles. The van der Waals surface area contributed by atoms with E-state index >= 15 is 0 Å². The van der Waals surface area contributed by atoms with Crippen LogP contribution in [0, 0.1) is 0 Å². The quantitative estimate of drug-likeness (QED) is 0.172. The Morgan fingerprint density at radius 1 is 0.187 bits per heavy atom. The van der Waals surface area contributed by atoms with Gasteiger partial charge in [0.15, 0.2) is 0 Å². The summed E-state index contributed by atoms with van der Waals surface area (Å²) in [6.45, 7) is 0. The van der Waals surface area contributed by atoms with Crippen molar-refractivity contribution in [1.82, 2.24) is 22.8 Å². The van der Waals surface area contributed by atoms with Gasteiger partial charge in [-0.15, -0.1) is 0 Å². The Bertz CT molecular complexity index is 7250. The Kier molecular flexibility index (Phi) is 14.1. The van der Waals surface area contributed by atoms with E-state index in [1.807, 2.05) is 12.1 Å². The van der Waals surface area contributed by atoms with Gasteiger partial charge in [-0.1, -0.05) is 206 Å². The number of nitrogens with zero attached hydrogens (tertiary/aromatic N) is 5. The van der Waals surface area contributed by atoms with Gasteiger partial charge in [-0.05, 0) is 211 Å². The molecule has 0 atom stereocenters. The van der Waals surface area contributed by atoms with Gasteiger partial charge in [0.05, 0.1) is 55.2 Å². The molecule has 0 spiro atoms. The highest BCUT2D eigenvalue weighted by Gasteiger charge is 2.23. The van der Waals surface area contributed by atoms with Gasteiger partial charge in [-0.3, -0.25) is 0 Å². The molecule has 504 valence electrons. The number of aromatic nitrogens is 5. The highest BCUT2D eigenvalue weighted by molar-refractivity contribution is 9.11. The lowest BCUT2D eigenvalue weighted by molar-refractivity contribution is 0.668. The van der Waals surface area contributed by atoms with Crippen LogP contribution in [-0.2, 0) is 6.42 Å². The van der Waals surface area contributed by atoms with E-state index in [1.165, 1.54) is 120 Å². The van der Waals surface area contributed by atoms with Gasteiger partial charge in [0.2, 0.25) is 0 Å². The van der Waals surface area contributed by atoms with Crippen LogP contribution in [0.3, 0.4) is 0 Å². The van der Waals surface area contributed by atoms with Crippen LogP contribution < -0.4 is 0 Å². The third-order valence-corrected chi connectivity index (χ3v) is 23.5. The predicted octanol–water partition coefficient (Wildman–Crippen LogP) is 28.2. The van der Waals surface area contributed by atoms with Crippen LogP contribution >= 0.6 is 47.8 Å². The van der Waals surface area contributed by atoms with E-state index in [0.29, 0.717) is 0 Å². The van der Waals surface area contributed by atoms with Gasteiger partial charge >= 0.3 is 0 Å². The van der Waals surface area contributed by atoms with Crippen LogP contribution in [0.1, 0.15) is 11.1 Å². The number of benzene rings is 16. The van der Waals surface area contributed by atoms with Crippen LogP contribution in [0.5, 0.6) is 0 Å². The molecule has 0 saturated heterocycles. The molecule has 7 heterocycles. The van der Waals surface area contributed by atoms with Crippen molar-refractivity contribution in [3.8, 4) is 39.6 Å². The average Bonchev–Trinajstić information content (AvgIpc) is 1.54. The van der Waals surface area contributed by atoms with Crippen LogP contribution in [0.15, 0.2) is 362 Å². The molecule has 10 heteroatoms. The van der Waals surface area contributed by atoms with Crippen molar-refractivity contribution in [2.75, 3.05) is 0 Å². The van der Waals surface area contributed by atoms with E-state index in [9.17, 15) is 0 Å². The zero-order valence-electron chi connectivity index (χ0n) is 57.2. The molecule has 1 aliphatic carbocycles. The second-order valence-corrected chi connectivity index (χ2v) is 30.6. The van der Waals surface area contributed by atoms with Gasteiger partial charge in [-0.25, -0.2) is 0 Å². The van der Waals surface area contributed by atoms with Gasteiger partial charge < -0.3 is 31.7 Å². The van der Waals surface area contributed by atoms with Crippen molar-refractivity contribution >= 4 is 201 Å². The Morgan fingerprint density at radius 3 is 0.729 bits per heavy atom. The molecule has 107 heavy (non-hydrogen) atoms. The fourth-order valence-electron chi connectivity index (χ4n) is 17.4. The number of fused-ring (bicyclic) bond motifs is 24. The average molecular weight is 1570 g/mol. The molecule has 24 rings (SSSR count). The Morgan fingerprint density at radius 2 is 0.402 bits per heavy atom. The molecule has 0 amide bonds. The monoisotopic (exact) mass is 1560 g/mol. The van der Waals surface area contributed by atoms with Gasteiger partial charge in [0.25, 0.3) is 0 Å². The van der Waals surface area contributed by atoms with E-state index in [0.717, 1.165) is 103 Å². The molecular formula is C97H58Br3N5O2. The number of para-hydroxylation sites is 6. The summed E-state index contributed by atoms with van der Waals surface area (Å²) in [6.07, 6.45) is 1.10. The number of furan rings is 2. The topological polar surface area (TPSA) is 50.9 Å². The first-order valence-corrected chi connectivity index (χ1v) is 38.3. The summed E-state index contributed by atoms with van der Waals surface area (Å²) in [7, 11) is 0. The first kappa shape index (κ1) is 62.0. The standard InChI is InChI=1S/C60H36N4O.C24H12Br3NO.C13H10/c1-7-19-51-41(13-1)42-14-2-8-20-52(42)61(51)37-25-29-57-47(33-37)48-34-38(62-53-21-9-3-15-43(53)44-16-4-10-22-54(44)62)26-30-58(48)64(57)40-28-32-60-50(36-40)49-35-39(27-31-59(49)65-60)63-55-23-11-5-17-45(55)46-18-6-12-24-56(46)63;25-13-1-5-21-17(9-13)18-10-14(26)2-6-22(18)28(21)16-4-8-24-20(12-16)19-11-15(27)3-7-23(19)29-24;1-3-7-12-10(5-1)9-11-6-2-4-8-13(11)12/h1-36H;1-12H;1-8H,9H2. The molecule has 7 nitrogen and oxygen atoms in total. The summed E-state index contributed by atoms with van der Waals surface area (Å²) in [5.41, 5.74) is 26.6. The molecule has 23 aromatic rings. The summed E-state index contributed by atoms with van der Waals surface area (Å²) in [5, 5.41) is 16.7. The first-order valence-electron chi connectivity index (χ1n) is 36.0. The first-order chi connectivity index (χ1) is 52.8.